The van der Waals surface area contributed by atoms with Crippen LogP contribution in [0.3, 0.4) is 0 Å². The molecule has 0 fully saturated rings. The third-order valence-corrected chi connectivity index (χ3v) is 4.22. The lowest BCUT2D eigenvalue weighted by molar-refractivity contribution is 0.0957. The summed E-state index contributed by atoms with van der Waals surface area (Å²) in [5.41, 5.74) is -3.49. The van der Waals surface area contributed by atoms with E-state index >= 15 is 0 Å². The number of nitrogens with zero attached hydrogens (tertiary/aromatic N) is 5. The Morgan fingerprint density at radius 3 is 2.14 bits per heavy atom. The number of amides is 1. The Morgan fingerprint density at radius 1 is 1.14 bits per heavy atom. The summed E-state index contributed by atoms with van der Waals surface area (Å²) in [6.45, 7) is 1.61. The summed E-state index contributed by atoms with van der Waals surface area (Å²) in [6.07, 6.45) is 3.87. The molecule has 3 aliphatic rings. The van der Waals surface area contributed by atoms with Crippen molar-refractivity contribution in [2.24, 2.45) is 16.7 Å². The standard InChI is InChI=1S/C15H11N5O2/c1-10-5-11-3-4-12(20(10)13(21)22-2)15(8-18,9-19)14(11,6-16)7-17/h3-5,11-12H,1-2H3/t11-,12+/m1/s1. The second-order valence-electron chi connectivity index (χ2n) is 5.07. The molecule has 0 saturated heterocycles. The van der Waals surface area contributed by atoms with Gasteiger partial charge in [-0.1, -0.05) is 18.2 Å². The van der Waals surface area contributed by atoms with E-state index in [0.29, 0.717) is 5.70 Å². The van der Waals surface area contributed by atoms with Gasteiger partial charge in [-0.3, -0.25) is 4.90 Å². The summed E-state index contributed by atoms with van der Waals surface area (Å²) in [5.74, 6) is -0.771. The number of rotatable bonds is 0. The van der Waals surface area contributed by atoms with Crippen LogP contribution in [0.4, 0.5) is 4.79 Å². The lowest BCUT2D eigenvalue weighted by atomic mass is 9.54. The molecule has 108 valence electrons. The number of carbonyl (C=O) groups excluding carboxylic acids is 1. The van der Waals surface area contributed by atoms with E-state index in [1.807, 2.05) is 24.3 Å². The highest BCUT2D eigenvalue weighted by Gasteiger charge is 2.67. The molecule has 1 aliphatic carbocycles. The van der Waals surface area contributed by atoms with Crippen molar-refractivity contribution in [3.05, 3.63) is 23.9 Å². The molecular formula is C15H11N5O2. The Balaban J connectivity index is 2.86. The van der Waals surface area contributed by atoms with Crippen LogP contribution in [-0.4, -0.2) is 24.1 Å². The monoisotopic (exact) mass is 293 g/mol. The molecule has 0 unspecified atom stereocenters. The predicted octanol–water partition coefficient (Wildman–Crippen LogP) is 1.59. The molecule has 22 heavy (non-hydrogen) atoms. The van der Waals surface area contributed by atoms with Gasteiger partial charge in [0.25, 0.3) is 0 Å². The average Bonchev–Trinajstić information content (AvgIpc) is 2.76. The van der Waals surface area contributed by atoms with Crippen molar-refractivity contribution in [1.82, 2.24) is 4.90 Å². The van der Waals surface area contributed by atoms with Crippen LogP contribution in [0.5, 0.6) is 0 Å². The molecule has 3 rings (SSSR count). The van der Waals surface area contributed by atoms with Crippen molar-refractivity contribution in [2.75, 3.05) is 7.11 Å². The summed E-state index contributed by atoms with van der Waals surface area (Å²) < 4.78 is 4.71. The maximum atomic E-state index is 12.1. The summed E-state index contributed by atoms with van der Waals surface area (Å²) in [5, 5.41) is 38.4. The average molecular weight is 293 g/mol. The Hall–Kier alpha value is -3.29. The molecule has 7 heteroatoms. The van der Waals surface area contributed by atoms with Gasteiger partial charge in [0.15, 0.2) is 10.8 Å². The fourth-order valence-electron chi connectivity index (χ4n) is 3.07. The first-order valence-electron chi connectivity index (χ1n) is 6.37. The lowest BCUT2D eigenvalue weighted by Gasteiger charge is -2.42. The Bertz CT molecular complexity index is 725. The summed E-state index contributed by atoms with van der Waals surface area (Å²) in [4.78, 5) is 13.2. The molecule has 0 spiro atoms. The van der Waals surface area contributed by atoms with Crippen molar-refractivity contribution >= 4 is 6.09 Å². The third-order valence-electron chi connectivity index (χ3n) is 4.22. The number of allylic oxidation sites excluding steroid dienone is 3. The van der Waals surface area contributed by atoms with Crippen LogP contribution in [0.15, 0.2) is 23.9 Å². The molecule has 0 N–H and O–H groups in total. The van der Waals surface area contributed by atoms with E-state index in [-0.39, 0.29) is 0 Å². The van der Waals surface area contributed by atoms with Crippen LogP contribution in [0, 0.1) is 62.1 Å². The first kappa shape index (κ1) is 15.1. The fraction of sp³-hybridized carbons (Fsp3) is 0.400. The van der Waals surface area contributed by atoms with Crippen molar-refractivity contribution < 1.29 is 9.53 Å². The summed E-state index contributed by atoms with van der Waals surface area (Å²) >= 11 is 0. The van der Waals surface area contributed by atoms with Gasteiger partial charge in [0.2, 0.25) is 0 Å². The zero-order valence-corrected chi connectivity index (χ0v) is 11.9. The van der Waals surface area contributed by atoms with E-state index in [2.05, 4.69) is 0 Å². The minimum Gasteiger partial charge on any atom is -0.452 e. The largest absolute Gasteiger partial charge is 0.452 e. The summed E-state index contributed by atoms with van der Waals surface area (Å²) in [7, 11) is 1.18. The molecule has 0 aromatic heterocycles. The highest BCUT2D eigenvalue weighted by atomic mass is 16.5. The fourth-order valence-corrected chi connectivity index (χ4v) is 3.07. The number of carbonyl (C=O) groups is 1. The van der Waals surface area contributed by atoms with E-state index in [1.165, 1.54) is 19.3 Å². The van der Waals surface area contributed by atoms with Crippen molar-refractivity contribution in [2.45, 2.75) is 13.0 Å². The van der Waals surface area contributed by atoms with Crippen LogP contribution in [0.1, 0.15) is 6.92 Å². The first-order valence-corrected chi connectivity index (χ1v) is 6.37. The molecule has 2 heterocycles. The van der Waals surface area contributed by atoms with Crippen molar-refractivity contribution in [3.8, 4) is 24.3 Å². The van der Waals surface area contributed by atoms with Crippen LogP contribution in [0.25, 0.3) is 0 Å². The number of nitriles is 4. The van der Waals surface area contributed by atoms with Gasteiger partial charge < -0.3 is 4.74 Å². The van der Waals surface area contributed by atoms with Crippen LogP contribution >= 0.6 is 0 Å². The molecule has 1 amide bonds. The Labute approximate surface area is 127 Å². The predicted molar refractivity (Wildman–Crippen MR) is 71.7 cm³/mol. The summed E-state index contributed by atoms with van der Waals surface area (Å²) in [6, 6.07) is 6.26. The van der Waals surface area contributed by atoms with E-state index < -0.39 is 28.9 Å². The number of ether oxygens (including phenoxy) is 1. The molecule has 2 atom stereocenters. The minimum atomic E-state index is -2.02. The molecule has 2 aliphatic heterocycles. The number of hydrogen-bond donors (Lipinski definition) is 0. The molecular weight excluding hydrogens is 282 g/mol. The van der Waals surface area contributed by atoms with Gasteiger partial charge in [0, 0.05) is 11.6 Å². The molecule has 0 aromatic carbocycles. The van der Waals surface area contributed by atoms with E-state index in [9.17, 15) is 25.8 Å². The second-order valence-corrected chi connectivity index (χ2v) is 5.07. The maximum absolute atomic E-state index is 12.1. The number of fused-ring (bicyclic) bond motifs is 2. The molecule has 0 aromatic rings. The highest BCUT2D eigenvalue weighted by molar-refractivity contribution is 5.72. The quantitative estimate of drug-likeness (QED) is 0.624. The van der Waals surface area contributed by atoms with Gasteiger partial charge in [-0.15, -0.1) is 0 Å². The minimum absolute atomic E-state index is 0.425. The third kappa shape index (κ3) is 1.48. The van der Waals surface area contributed by atoms with Gasteiger partial charge in [-0.2, -0.15) is 21.0 Å². The SMILES string of the molecule is COC(=O)N1C(C)=C[C@H]2C=C[C@H]1C(C#N)(C#N)C2(C#N)C#N. The highest BCUT2D eigenvalue weighted by Crippen LogP contribution is 2.55. The first-order chi connectivity index (χ1) is 10.5. The van der Waals surface area contributed by atoms with Crippen LogP contribution < -0.4 is 0 Å². The van der Waals surface area contributed by atoms with Gasteiger partial charge in [-0.05, 0) is 6.92 Å². The molecule has 0 saturated carbocycles. The number of hydrogen-bond acceptors (Lipinski definition) is 6. The topological polar surface area (TPSA) is 125 Å². The van der Waals surface area contributed by atoms with Gasteiger partial charge in [0.05, 0.1) is 37.4 Å². The van der Waals surface area contributed by atoms with E-state index in [4.69, 9.17) is 4.74 Å². The molecule has 2 bridgehead atoms. The molecule has 0 radical (unpaired) electrons. The second kappa shape index (κ2) is 4.92. The lowest BCUT2D eigenvalue weighted by Crippen LogP contribution is -2.56. The van der Waals surface area contributed by atoms with Crippen LogP contribution in [-0.2, 0) is 4.74 Å². The normalized spacial score (nSPS) is 26.5. The van der Waals surface area contributed by atoms with Gasteiger partial charge >= 0.3 is 6.09 Å². The van der Waals surface area contributed by atoms with E-state index in [0.717, 1.165) is 4.90 Å². The maximum Gasteiger partial charge on any atom is 0.414 e. The van der Waals surface area contributed by atoms with Gasteiger partial charge in [-0.25, -0.2) is 4.79 Å². The number of methoxy groups -OCH3 is 1. The zero-order chi connectivity index (χ0) is 16.5. The van der Waals surface area contributed by atoms with Crippen LogP contribution in [0.2, 0.25) is 0 Å². The Morgan fingerprint density at radius 2 is 1.68 bits per heavy atom. The molecule has 7 nitrogen and oxygen atoms in total. The Kier molecular flexibility index (Phi) is 3.38. The zero-order valence-electron chi connectivity index (χ0n) is 11.9. The van der Waals surface area contributed by atoms with Crippen molar-refractivity contribution in [3.63, 3.8) is 0 Å². The van der Waals surface area contributed by atoms with Crippen molar-refractivity contribution in [1.29, 1.82) is 21.0 Å². The van der Waals surface area contributed by atoms with E-state index in [1.54, 1.807) is 13.0 Å². The smallest absolute Gasteiger partial charge is 0.414 e. The van der Waals surface area contributed by atoms with Gasteiger partial charge in [0.1, 0.15) is 0 Å².